The van der Waals surface area contributed by atoms with Crippen molar-refractivity contribution in [2.75, 3.05) is 0 Å². The minimum atomic E-state index is -0.152. The molecule has 0 aliphatic carbocycles. The quantitative estimate of drug-likeness (QED) is 0.741. The lowest BCUT2D eigenvalue weighted by Crippen LogP contribution is -2.06. The van der Waals surface area contributed by atoms with Gasteiger partial charge in [-0.05, 0) is 30.5 Å². The van der Waals surface area contributed by atoms with Crippen molar-refractivity contribution >= 4 is 11.0 Å². The molecule has 0 saturated carbocycles. The van der Waals surface area contributed by atoms with Crippen LogP contribution < -0.4 is 5.56 Å². The van der Waals surface area contributed by atoms with Gasteiger partial charge in [0.05, 0.1) is 17.2 Å². The van der Waals surface area contributed by atoms with Crippen LogP contribution in [0.4, 0.5) is 0 Å². The standard InChI is InChI=1S/C11H12N2O/c1-3-8-4-5-9-11(7(8)2)12-6-10(14)13-9/h4-6H,3H2,1-2H3,(H,13,14). The minimum Gasteiger partial charge on any atom is -0.319 e. The van der Waals surface area contributed by atoms with Crippen molar-refractivity contribution in [2.45, 2.75) is 20.3 Å². The second-order valence-electron chi connectivity index (χ2n) is 3.35. The van der Waals surface area contributed by atoms with Gasteiger partial charge in [-0.3, -0.25) is 4.79 Å². The van der Waals surface area contributed by atoms with Crippen LogP contribution in [0.2, 0.25) is 0 Å². The van der Waals surface area contributed by atoms with Gasteiger partial charge in [0.15, 0.2) is 0 Å². The van der Waals surface area contributed by atoms with E-state index in [-0.39, 0.29) is 5.56 Å². The zero-order valence-electron chi connectivity index (χ0n) is 8.29. The lowest BCUT2D eigenvalue weighted by atomic mass is 10.0. The molecule has 0 saturated heterocycles. The van der Waals surface area contributed by atoms with Crippen LogP contribution in [0.1, 0.15) is 18.1 Å². The predicted octanol–water partition coefficient (Wildman–Crippen LogP) is 1.79. The number of aryl methyl sites for hydroxylation is 2. The Morgan fingerprint density at radius 1 is 1.43 bits per heavy atom. The van der Waals surface area contributed by atoms with Crippen LogP contribution in [0, 0.1) is 6.92 Å². The maximum Gasteiger partial charge on any atom is 0.266 e. The molecule has 0 unspecified atom stereocenters. The van der Waals surface area contributed by atoms with E-state index in [0.717, 1.165) is 23.0 Å². The zero-order valence-corrected chi connectivity index (χ0v) is 8.29. The highest BCUT2D eigenvalue weighted by atomic mass is 16.1. The molecule has 72 valence electrons. The summed E-state index contributed by atoms with van der Waals surface area (Å²) < 4.78 is 0. The summed E-state index contributed by atoms with van der Waals surface area (Å²) in [6.07, 6.45) is 2.32. The van der Waals surface area contributed by atoms with Crippen LogP contribution in [0.15, 0.2) is 23.1 Å². The van der Waals surface area contributed by atoms with Crippen LogP contribution in [-0.2, 0) is 6.42 Å². The SMILES string of the molecule is CCc1ccc2[nH]c(=O)cnc2c1C. The van der Waals surface area contributed by atoms with Crippen molar-refractivity contribution in [1.82, 2.24) is 9.97 Å². The smallest absolute Gasteiger partial charge is 0.266 e. The van der Waals surface area contributed by atoms with Gasteiger partial charge >= 0.3 is 0 Å². The third-order valence-electron chi connectivity index (χ3n) is 2.49. The second-order valence-corrected chi connectivity index (χ2v) is 3.35. The van der Waals surface area contributed by atoms with E-state index in [1.807, 2.05) is 19.1 Å². The van der Waals surface area contributed by atoms with Crippen molar-refractivity contribution in [3.63, 3.8) is 0 Å². The number of rotatable bonds is 1. The Morgan fingerprint density at radius 3 is 2.93 bits per heavy atom. The number of fused-ring (bicyclic) bond motifs is 1. The third kappa shape index (κ3) is 1.31. The number of aromatic amines is 1. The van der Waals surface area contributed by atoms with Crippen molar-refractivity contribution < 1.29 is 0 Å². The molecule has 0 aliphatic rings. The van der Waals surface area contributed by atoms with Crippen molar-refractivity contribution in [1.29, 1.82) is 0 Å². The van der Waals surface area contributed by atoms with Crippen LogP contribution >= 0.6 is 0 Å². The molecule has 1 N–H and O–H groups in total. The molecular formula is C11H12N2O. The Morgan fingerprint density at radius 2 is 2.21 bits per heavy atom. The van der Waals surface area contributed by atoms with Crippen LogP contribution in [-0.4, -0.2) is 9.97 Å². The Balaban J connectivity index is 2.84. The maximum absolute atomic E-state index is 11.0. The normalized spacial score (nSPS) is 10.7. The number of hydrogen-bond donors (Lipinski definition) is 1. The van der Waals surface area contributed by atoms with E-state index in [1.54, 1.807) is 0 Å². The molecular weight excluding hydrogens is 176 g/mol. The van der Waals surface area contributed by atoms with Gasteiger partial charge in [-0.2, -0.15) is 0 Å². The molecule has 1 aromatic heterocycles. The molecule has 2 rings (SSSR count). The lowest BCUT2D eigenvalue weighted by molar-refractivity contribution is 1.10. The summed E-state index contributed by atoms with van der Waals surface area (Å²) in [4.78, 5) is 17.9. The van der Waals surface area contributed by atoms with Crippen LogP contribution in [0.3, 0.4) is 0 Å². The number of hydrogen-bond acceptors (Lipinski definition) is 2. The summed E-state index contributed by atoms with van der Waals surface area (Å²) in [6.45, 7) is 4.15. The molecule has 0 amide bonds. The summed E-state index contributed by atoms with van der Waals surface area (Å²) in [6, 6.07) is 3.95. The highest BCUT2D eigenvalue weighted by Gasteiger charge is 2.03. The van der Waals surface area contributed by atoms with Gasteiger partial charge in [-0.15, -0.1) is 0 Å². The van der Waals surface area contributed by atoms with E-state index in [0.29, 0.717) is 0 Å². The molecule has 0 atom stereocenters. The highest BCUT2D eigenvalue weighted by Crippen LogP contribution is 2.17. The average Bonchev–Trinajstić information content (AvgIpc) is 2.18. The number of H-pyrrole nitrogens is 1. The molecule has 0 bridgehead atoms. The first-order chi connectivity index (χ1) is 6.72. The fourth-order valence-corrected chi connectivity index (χ4v) is 1.68. The van der Waals surface area contributed by atoms with E-state index in [2.05, 4.69) is 16.9 Å². The van der Waals surface area contributed by atoms with E-state index < -0.39 is 0 Å². The zero-order chi connectivity index (χ0) is 10.1. The number of benzene rings is 1. The molecule has 3 nitrogen and oxygen atoms in total. The first-order valence-electron chi connectivity index (χ1n) is 4.70. The number of nitrogens with zero attached hydrogens (tertiary/aromatic N) is 1. The lowest BCUT2D eigenvalue weighted by Gasteiger charge is -2.05. The van der Waals surface area contributed by atoms with Gasteiger partial charge < -0.3 is 4.98 Å². The summed E-state index contributed by atoms with van der Waals surface area (Å²) in [5, 5.41) is 0. The Labute approximate surface area is 81.8 Å². The van der Waals surface area contributed by atoms with E-state index in [4.69, 9.17) is 0 Å². The van der Waals surface area contributed by atoms with Gasteiger partial charge in [-0.25, -0.2) is 4.98 Å². The number of nitrogens with one attached hydrogen (secondary N) is 1. The van der Waals surface area contributed by atoms with E-state index >= 15 is 0 Å². The van der Waals surface area contributed by atoms with Gasteiger partial charge in [-0.1, -0.05) is 13.0 Å². The van der Waals surface area contributed by atoms with Gasteiger partial charge in [0.25, 0.3) is 5.56 Å². The van der Waals surface area contributed by atoms with E-state index in [1.165, 1.54) is 11.8 Å². The predicted molar refractivity (Wildman–Crippen MR) is 56.5 cm³/mol. The van der Waals surface area contributed by atoms with E-state index in [9.17, 15) is 4.79 Å². The van der Waals surface area contributed by atoms with Gasteiger partial charge in [0.2, 0.25) is 0 Å². The van der Waals surface area contributed by atoms with Gasteiger partial charge in [0, 0.05) is 0 Å². The molecule has 0 fully saturated rings. The minimum absolute atomic E-state index is 0.152. The summed E-state index contributed by atoms with van der Waals surface area (Å²) >= 11 is 0. The fourth-order valence-electron chi connectivity index (χ4n) is 1.68. The summed E-state index contributed by atoms with van der Waals surface area (Å²) in [5.74, 6) is 0. The monoisotopic (exact) mass is 188 g/mol. The molecule has 1 aromatic carbocycles. The van der Waals surface area contributed by atoms with Gasteiger partial charge in [0.1, 0.15) is 0 Å². The number of aromatic nitrogens is 2. The van der Waals surface area contributed by atoms with Crippen molar-refractivity contribution in [3.05, 3.63) is 39.8 Å². The fraction of sp³-hybridized carbons (Fsp3) is 0.273. The summed E-state index contributed by atoms with van der Waals surface area (Å²) in [5.41, 5.74) is 3.98. The Kier molecular flexibility index (Phi) is 2.08. The second kappa shape index (κ2) is 3.25. The highest BCUT2D eigenvalue weighted by molar-refractivity contribution is 5.78. The first-order valence-corrected chi connectivity index (χ1v) is 4.70. The average molecular weight is 188 g/mol. The topological polar surface area (TPSA) is 45.8 Å². The van der Waals surface area contributed by atoms with Crippen molar-refractivity contribution in [3.8, 4) is 0 Å². The molecule has 2 aromatic rings. The summed E-state index contributed by atoms with van der Waals surface area (Å²) in [7, 11) is 0. The molecule has 0 spiro atoms. The molecule has 0 radical (unpaired) electrons. The molecule has 0 aliphatic heterocycles. The molecule has 1 heterocycles. The molecule has 14 heavy (non-hydrogen) atoms. The Hall–Kier alpha value is -1.64. The third-order valence-corrected chi connectivity index (χ3v) is 2.49. The van der Waals surface area contributed by atoms with Crippen LogP contribution in [0.25, 0.3) is 11.0 Å². The Bertz CT molecular complexity index is 528. The first kappa shape index (κ1) is 8.94. The molecule has 3 heteroatoms. The van der Waals surface area contributed by atoms with Crippen LogP contribution in [0.5, 0.6) is 0 Å². The largest absolute Gasteiger partial charge is 0.319 e. The maximum atomic E-state index is 11.0. The van der Waals surface area contributed by atoms with Crippen molar-refractivity contribution in [2.24, 2.45) is 0 Å².